The Morgan fingerprint density at radius 1 is 1.41 bits per heavy atom. The molecule has 2 rings (SSSR count). The van der Waals surface area contributed by atoms with Crippen LogP contribution in [0.15, 0.2) is 22.7 Å². The maximum absolute atomic E-state index is 12.0. The van der Waals surface area contributed by atoms with E-state index in [-0.39, 0.29) is 18.0 Å². The van der Waals surface area contributed by atoms with Crippen LogP contribution in [0.5, 0.6) is 0 Å². The van der Waals surface area contributed by atoms with E-state index in [4.69, 9.17) is 17.3 Å². The van der Waals surface area contributed by atoms with Crippen molar-refractivity contribution in [3.05, 3.63) is 33.3 Å². The van der Waals surface area contributed by atoms with Gasteiger partial charge in [0, 0.05) is 27.1 Å². The fourth-order valence-corrected chi connectivity index (χ4v) is 2.96. The molecule has 1 aromatic carbocycles. The number of amides is 1. The maximum atomic E-state index is 12.0. The molecular weight excluding hydrogens is 304 g/mol. The largest absolute Gasteiger partial charge is 0.348 e. The zero-order valence-corrected chi connectivity index (χ0v) is 11.6. The molecule has 0 bridgehead atoms. The zero-order chi connectivity index (χ0) is 12.4. The van der Waals surface area contributed by atoms with Gasteiger partial charge in [-0.15, -0.1) is 0 Å². The monoisotopic (exact) mass is 316 g/mol. The van der Waals surface area contributed by atoms with E-state index in [2.05, 4.69) is 21.2 Å². The molecule has 1 aliphatic rings. The van der Waals surface area contributed by atoms with Gasteiger partial charge in [0.1, 0.15) is 0 Å². The van der Waals surface area contributed by atoms with Crippen LogP contribution in [0.25, 0.3) is 0 Å². The van der Waals surface area contributed by atoms with Gasteiger partial charge in [-0.05, 0) is 37.5 Å². The standard InChI is InChI=1S/C12H14BrClN2O/c13-8-4-7(5-9(14)6-8)12(17)16-11-3-1-2-10(11)15/h4-6,10-11H,1-3,15H2,(H,16,17). The summed E-state index contributed by atoms with van der Waals surface area (Å²) in [6, 6.07) is 5.31. The molecular formula is C12H14BrClN2O. The van der Waals surface area contributed by atoms with Crippen molar-refractivity contribution in [1.29, 1.82) is 0 Å². The SMILES string of the molecule is NC1CCCC1NC(=O)c1cc(Cl)cc(Br)c1. The minimum absolute atomic E-state index is 0.0709. The molecule has 17 heavy (non-hydrogen) atoms. The quantitative estimate of drug-likeness (QED) is 0.881. The summed E-state index contributed by atoms with van der Waals surface area (Å²) >= 11 is 9.22. The number of carbonyl (C=O) groups excluding carboxylic acids is 1. The summed E-state index contributed by atoms with van der Waals surface area (Å²) in [5, 5.41) is 3.50. The summed E-state index contributed by atoms with van der Waals surface area (Å²) in [6.45, 7) is 0. The summed E-state index contributed by atoms with van der Waals surface area (Å²) in [6.07, 6.45) is 3.00. The average Bonchev–Trinajstić information content (AvgIpc) is 2.63. The van der Waals surface area contributed by atoms with Gasteiger partial charge in [-0.1, -0.05) is 27.5 Å². The first-order valence-corrected chi connectivity index (χ1v) is 6.76. The van der Waals surface area contributed by atoms with Crippen molar-refractivity contribution < 1.29 is 4.79 Å². The Morgan fingerprint density at radius 3 is 2.76 bits per heavy atom. The Labute approximate surface area is 114 Å². The van der Waals surface area contributed by atoms with Crippen LogP contribution in [-0.4, -0.2) is 18.0 Å². The van der Waals surface area contributed by atoms with Crippen LogP contribution in [0, 0.1) is 0 Å². The number of halogens is 2. The van der Waals surface area contributed by atoms with Gasteiger partial charge in [0.25, 0.3) is 5.91 Å². The minimum Gasteiger partial charge on any atom is -0.348 e. The van der Waals surface area contributed by atoms with E-state index in [1.807, 2.05) is 0 Å². The molecule has 5 heteroatoms. The topological polar surface area (TPSA) is 55.1 Å². The highest BCUT2D eigenvalue weighted by Crippen LogP contribution is 2.21. The molecule has 1 fully saturated rings. The number of nitrogens with two attached hydrogens (primary N) is 1. The second-order valence-electron chi connectivity index (χ2n) is 4.33. The molecule has 0 aromatic heterocycles. The fourth-order valence-electron chi connectivity index (χ4n) is 2.10. The molecule has 2 unspecified atom stereocenters. The lowest BCUT2D eigenvalue weighted by Crippen LogP contribution is -2.43. The number of rotatable bonds is 2. The second-order valence-corrected chi connectivity index (χ2v) is 5.68. The van der Waals surface area contributed by atoms with Gasteiger partial charge in [-0.2, -0.15) is 0 Å². The first-order chi connectivity index (χ1) is 8.06. The minimum atomic E-state index is -0.115. The molecule has 1 aliphatic carbocycles. The van der Waals surface area contributed by atoms with Crippen molar-refractivity contribution in [2.45, 2.75) is 31.3 Å². The van der Waals surface area contributed by atoms with E-state index >= 15 is 0 Å². The fraction of sp³-hybridized carbons (Fsp3) is 0.417. The van der Waals surface area contributed by atoms with Gasteiger partial charge in [0.15, 0.2) is 0 Å². The summed E-state index contributed by atoms with van der Waals surface area (Å²) in [5.41, 5.74) is 6.47. The molecule has 92 valence electrons. The highest BCUT2D eigenvalue weighted by atomic mass is 79.9. The Kier molecular flexibility index (Phi) is 4.07. The van der Waals surface area contributed by atoms with Gasteiger partial charge >= 0.3 is 0 Å². The highest BCUT2D eigenvalue weighted by Gasteiger charge is 2.25. The van der Waals surface area contributed by atoms with Crippen LogP contribution >= 0.6 is 27.5 Å². The van der Waals surface area contributed by atoms with Gasteiger partial charge < -0.3 is 11.1 Å². The molecule has 3 N–H and O–H groups in total. The van der Waals surface area contributed by atoms with Crippen molar-refractivity contribution in [2.75, 3.05) is 0 Å². The molecule has 1 aromatic rings. The van der Waals surface area contributed by atoms with E-state index in [0.717, 1.165) is 23.7 Å². The third kappa shape index (κ3) is 3.21. The Bertz CT molecular complexity index is 418. The predicted octanol–water partition coefficient (Wildman–Crippen LogP) is 2.71. The number of hydrogen-bond acceptors (Lipinski definition) is 2. The van der Waals surface area contributed by atoms with Gasteiger partial charge in [-0.25, -0.2) is 0 Å². The maximum Gasteiger partial charge on any atom is 0.251 e. The van der Waals surface area contributed by atoms with Crippen molar-refractivity contribution in [2.24, 2.45) is 5.73 Å². The Morgan fingerprint density at radius 2 is 2.18 bits per heavy atom. The van der Waals surface area contributed by atoms with Crippen LogP contribution in [0.3, 0.4) is 0 Å². The Hall–Kier alpha value is -0.580. The van der Waals surface area contributed by atoms with E-state index in [9.17, 15) is 4.79 Å². The summed E-state index contributed by atoms with van der Waals surface area (Å²) in [5.74, 6) is -0.115. The lowest BCUT2D eigenvalue weighted by molar-refractivity contribution is 0.0934. The van der Waals surface area contributed by atoms with Gasteiger partial charge in [0.2, 0.25) is 0 Å². The van der Waals surface area contributed by atoms with Crippen LogP contribution in [-0.2, 0) is 0 Å². The molecule has 2 atom stereocenters. The van der Waals surface area contributed by atoms with E-state index < -0.39 is 0 Å². The molecule has 0 spiro atoms. The molecule has 3 nitrogen and oxygen atoms in total. The average molecular weight is 318 g/mol. The van der Waals surface area contributed by atoms with Gasteiger partial charge in [-0.3, -0.25) is 4.79 Å². The van der Waals surface area contributed by atoms with Gasteiger partial charge in [0.05, 0.1) is 0 Å². The number of benzene rings is 1. The summed E-state index contributed by atoms with van der Waals surface area (Å²) in [7, 11) is 0. The van der Waals surface area contributed by atoms with Crippen molar-refractivity contribution in [1.82, 2.24) is 5.32 Å². The number of nitrogens with one attached hydrogen (secondary N) is 1. The van der Waals surface area contributed by atoms with Crippen LogP contribution in [0.2, 0.25) is 5.02 Å². The van der Waals surface area contributed by atoms with E-state index in [0.29, 0.717) is 10.6 Å². The lowest BCUT2D eigenvalue weighted by atomic mass is 10.1. The van der Waals surface area contributed by atoms with Crippen molar-refractivity contribution in [3.8, 4) is 0 Å². The lowest BCUT2D eigenvalue weighted by Gasteiger charge is -2.17. The molecule has 0 saturated heterocycles. The van der Waals surface area contributed by atoms with Crippen molar-refractivity contribution in [3.63, 3.8) is 0 Å². The second kappa shape index (κ2) is 5.38. The molecule has 1 amide bonds. The molecule has 0 heterocycles. The highest BCUT2D eigenvalue weighted by molar-refractivity contribution is 9.10. The first-order valence-electron chi connectivity index (χ1n) is 5.59. The summed E-state index contributed by atoms with van der Waals surface area (Å²) < 4.78 is 0.797. The number of carbonyl (C=O) groups is 1. The molecule has 0 aliphatic heterocycles. The summed E-state index contributed by atoms with van der Waals surface area (Å²) in [4.78, 5) is 12.0. The predicted molar refractivity (Wildman–Crippen MR) is 72.2 cm³/mol. The zero-order valence-electron chi connectivity index (χ0n) is 9.25. The first kappa shape index (κ1) is 12.9. The Balaban J connectivity index is 2.09. The normalized spacial score (nSPS) is 23.7. The van der Waals surface area contributed by atoms with Crippen molar-refractivity contribution >= 4 is 33.4 Å². The molecule has 0 radical (unpaired) electrons. The molecule has 1 saturated carbocycles. The van der Waals surface area contributed by atoms with E-state index in [1.165, 1.54) is 0 Å². The van der Waals surface area contributed by atoms with Crippen LogP contribution in [0.1, 0.15) is 29.6 Å². The van der Waals surface area contributed by atoms with E-state index in [1.54, 1.807) is 18.2 Å². The van der Waals surface area contributed by atoms with Crippen LogP contribution < -0.4 is 11.1 Å². The third-order valence-electron chi connectivity index (χ3n) is 3.01. The number of hydrogen-bond donors (Lipinski definition) is 2. The third-order valence-corrected chi connectivity index (χ3v) is 3.69. The smallest absolute Gasteiger partial charge is 0.251 e. The van der Waals surface area contributed by atoms with Crippen LogP contribution in [0.4, 0.5) is 0 Å².